The first-order chi connectivity index (χ1) is 6.48. The van der Waals surface area contributed by atoms with Gasteiger partial charge >= 0.3 is 0 Å². The summed E-state index contributed by atoms with van der Waals surface area (Å²) in [5, 5.41) is 7.63. The Bertz CT molecular complexity index is 472. The van der Waals surface area contributed by atoms with Crippen molar-refractivity contribution in [1.29, 1.82) is 5.26 Å². The van der Waals surface area contributed by atoms with Gasteiger partial charge in [0.05, 0.1) is 16.5 Å². The first kappa shape index (κ1) is 10.7. The number of benzene rings is 1. The van der Waals surface area contributed by atoms with E-state index >= 15 is 0 Å². The summed E-state index contributed by atoms with van der Waals surface area (Å²) in [6.45, 7) is 1.40. The highest BCUT2D eigenvalue weighted by molar-refractivity contribution is 7.92. The molecule has 0 aliphatic rings. The maximum Gasteiger partial charge on any atom is 0.193 e. The summed E-state index contributed by atoms with van der Waals surface area (Å²) in [6.07, 6.45) is 0. The van der Waals surface area contributed by atoms with Gasteiger partial charge in [-0.2, -0.15) is 5.26 Å². The number of hydrogen-bond acceptors (Lipinski definition) is 4. The van der Waals surface area contributed by atoms with E-state index in [2.05, 4.69) is 0 Å². The maximum absolute atomic E-state index is 11.6. The molecule has 2 N–H and O–H groups in total. The fourth-order valence-electron chi connectivity index (χ4n) is 0.957. The Hall–Kier alpha value is -1.38. The van der Waals surface area contributed by atoms with Gasteiger partial charge in [0.2, 0.25) is 0 Å². The monoisotopic (exact) mass is 210 g/mol. The molecule has 4 nitrogen and oxygen atoms in total. The number of nitriles is 1. The molecule has 74 valence electrons. The fraction of sp³-hybridized carbons (Fsp3) is 0.222. The van der Waals surface area contributed by atoms with Crippen molar-refractivity contribution in [2.75, 3.05) is 0 Å². The molecule has 1 aromatic rings. The summed E-state index contributed by atoms with van der Waals surface area (Å²) >= 11 is 0. The van der Waals surface area contributed by atoms with E-state index in [1.54, 1.807) is 6.07 Å². The molecule has 0 bridgehead atoms. The lowest BCUT2D eigenvalue weighted by molar-refractivity contribution is 0.585. The molecule has 1 rings (SSSR count). The molecule has 0 aliphatic heterocycles. The lowest BCUT2D eigenvalue weighted by atomic mass is 10.2. The Morgan fingerprint density at radius 1 is 1.50 bits per heavy atom. The van der Waals surface area contributed by atoms with E-state index in [1.807, 2.05) is 6.07 Å². The minimum Gasteiger partial charge on any atom is -0.315 e. The molecule has 0 aliphatic carbocycles. The summed E-state index contributed by atoms with van der Waals surface area (Å²) in [7, 11) is -3.48. The van der Waals surface area contributed by atoms with Crippen LogP contribution in [0.2, 0.25) is 0 Å². The molecule has 0 heterocycles. The standard InChI is InChI=1S/C9H10N2O2S/c1-7(11)14(12,13)9-4-2-3-8(5-9)6-10/h2-5,7H,11H2,1H3. The molecule has 1 unspecified atom stereocenters. The maximum atomic E-state index is 11.6. The lowest BCUT2D eigenvalue weighted by Crippen LogP contribution is -2.26. The summed E-state index contributed by atoms with van der Waals surface area (Å²) in [5.41, 5.74) is 5.63. The van der Waals surface area contributed by atoms with E-state index in [4.69, 9.17) is 11.0 Å². The Morgan fingerprint density at radius 3 is 2.64 bits per heavy atom. The summed E-state index contributed by atoms with van der Waals surface area (Å²) in [5.74, 6) is 0. The van der Waals surface area contributed by atoms with Gasteiger partial charge in [0.1, 0.15) is 5.37 Å². The van der Waals surface area contributed by atoms with Gasteiger partial charge in [-0.1, -0.05) is 6.07 Å². The molecule has 0 radical (unpaired) electrons. The van der Waals surface area contributed by atoms with Crippen LogP contribution >= 0.6 is 0 Å². The fourth-order valence-corrected chi connectivity index (χ4v) is 1.95. The van der Waals surface area contributed by atoms with Crippen molar-refractivity contribution in [2.45, 2.75) is 17.2 Å². The molecular formula is C9H10N2O2S. The Labute approximate surface area is 82.9 Å². The summed E-state index contributed by atoms with van der Waals surface area (Å²) in [4.78, 5) is 0.0894. The Kier molecular flexibility index (Phi) is 2.89. The van der Waals surface area contributed by atoms with Gasteiger partial charge in [0.15, 0.2) is 9.84 Å². The van der Waals surface area contributed by atoms with E-state index < -0.39 is 15.2 Å². The van der Waals surface area contributed by atoms with E-state index in [1.165, 1.54) is 25.1 Å². The lowest BCUT2D eigenvalue weighted by Gasteiger charge is -2.07. The van der Waals surface area contributed by atoms with Gasteiger partial charge in [0, 0.05) is 0 Å². The molecule has 0 fully saturated rings. The molecular weight excluding hydrogens is 200 g/mol. The molecule has 1 aromatic carbocycles. The molecule has 0 aromatic heterocycles. The third-order valence-corrected chi connectivity index (χ3v) is 3.67. The highest BCUT2D eigenvalue weighted by Crippen LogP contribution is 2.14. The van der Waals surface area contributed by atoms with Crippen molar-refractivity contribution >= 4 is 9.84 Å². The molecule has 0 saturated carbocycles. The normalized spacial score (nSPS) is 13.2. The van der Waals surface area contributed by atoms with Crippen LogP contribution < -0.4 is 5.73 Å². The van der Waals surface area contributed by atoms with Gasteiger partial charge < -0.3 is 5.73 Å². The predicted molar refractivity (Wildman–Crippen MR) is 52.0 cm³/mol. The SMILES string of the molecule is CC(N)S(=O)(=O)c1cccc(C#N)c1. The smallest absolute Gasteiger partial charge is 0.193 e. The number of hydrogen-bond donors (Lipinski definition) is 1. The molecule has 0 spiro atoms. The van der Waals surface area contributed by atoms with Crippen molar-refractivity contribution in [3.63, 3.8) is 0 Å². The Balaban J connectivity index is 3.29. The topological polar surface area (TPSA) is 84.0 Å². The Morgan fingerprint density at radius 2 is 2.14 bits per heavy atom. The van der Waals surface area contributed by atoms with Crippen molar-refractivity contribution in [1.82, 2.24) is 0 Å². The van der Waals surface area contributed by atoms with Crippen LogP contribution in [0.1, 0.15) is 12.5 Å². The van der Waals surface area contributed by atoms with Crippen LogP contribution in [0.4, 0.5) is 0 Å². The average molecular weight is 210 g/mol. The molecule has 1 atom stereocenters. The molecule has 14 heavy (non-hydrogen) atoms. The summed E-state index contributed by atoms with van der Waals surface area (Å²) in [6, 6.07) is 7.68. The molecule has 0 amide bonds. The van der Waals surface area contributed by atoms with E-state index in [0.29, 0.717) is 5.56 Å². The van der Waals surface area contributed by atoms with Gasteiger partial charge in [-0.3, -0.25) is 0 Å². The van der Waals surface area contributed by atoms with Crippen LogP contribution in [0.15, 0.2) is 29.2 Å². The third-order valence-electron chi connectivity index (χ3n) is 1.78. The van der Waals surface area contributed by atoms with Gasteiger partial charge in [-0.15, -0.1) is 0 Å². The zero-order chi connectivity index (χ0) is 10.8. The molecule has 0 saturated heterocycles. The van der Waals surface area contributed by atoms with Crippen molar-refractivity contribution in [3.8, 4) is 6.07 Å². The molecule has 5 heteroatoms. The number of nitrogens with two attached hydrogens (primary N) is 1. The van der Waals surface area contributed by atoms with E-state index in [-0.39, 0.29) is 4.90 Å². The minimum absolute atomic E-state index is 0.0894. The quantitative estimate of drug-likeness (QED) is 0.776. The highest BCUT2D eigenvalue weighted by Gasteiger charge is 2.19. The number of rotatable bonds is 2. The van der Waals surface area contributed by atoms with Crippen LogP contribution in [0.3, 0.4) is 0 Å². The largest absolute Gasteiger partial charge is 0.315 e. The average Bonchev–Trinajstić information content (AvgIpc) is 2.17. The van der Waals surface area contributed by atoms with Crippen LogP contribution in [-0.2, 0) is 9.84 Å². The van der Waals surface area contributed by atoms with Gasteiger partial charge in [-0.25, -0.2) is 8.42 Å². The second-order valence-electron chi connectivity index (χ2n) is 2.89. The first-order valence-electron chi connectivity index (χ1n) is 3.98. The second-order valence-corrected chi connectivity index (χ2v) is 5.19. The van der Waals surface area contributed by atoms with Gasteiger partial charge in [0.25, 0.3) is 0 Å². The second kappa shape index (κ2) is 3.78. The number of nitrogens with zero attached hydrogens (tertiary/aromatic N) is 1. The van der Waals surface area contributed by atoms with Crippen LogP contribution in [0.5, 0.6) is 0 Å². The van der Waals surface area contributed by atoms with Crippen LogP contribution in [0.25, 0.3) is 0 Å². The van der Waals surface area contributed by atoms with Crippen LogP contribution in [0, 0.1) is 11.3 Å². The minimum atomic E-state index is -3.48. The number of sulfone groups is 1. The van der Waals surface area contributed by atoms with E-state index in [0.717, 1.165) is 0 Å². The van der Waals surface area contributed by atoms with Crippen molar-refractivity contribution < 1.29 is 8.42 Å². The zero-order valence-corrected chi connectivity index (χ0v) is 8.45. The zero-order valence-electron chi connectivity index (χ0n) is 7.64. The highest BCUT2D eigenvalue weighted by atomic mass is 32.2. The third kappa shape index (κ3) is 1.92. The summed E-state index contributed by atoms with van der Waals surface area (Å²) < 4.78 is 23.1. The van der Waals surface area contributed by atoms with E-state index in [9.17, 15) is 8.42 Å². The van der Waals surface area contributed by atoms with Crippen molar-refractivity contribution in [3.05, 3.63) is 29.8 Å². The van der Waals surface area contributed by atoms with Crippen LogP contribution in [-0.4, -0.2) is 13.8 Å². The van der Waals surface area contributed by atoms with Crippen molar-refractivity contribution in [2.24, 2.45) is 5.73 Å². The first-order valence-corrected chi connectivity index (χ1v) is 5.53. The van der Waals surface area contributed by atoms with Gasteiger partial charge in [-0.05, 0) is 25.1 Å². The predicted octanol–water partition coefficient (Wildman–Crippen LogP) is 0.637.